The van der Waals surface area contributed by atoms with Gasteiger partial charge < -0.3 is 0 Å². The minimum Gasteiger partial charge on any atom is -0.253 e. The van der Waals surface area contributed by atoms with Crippen LogP contribution in [0, 0.1) is 0 Å². The Labute approximate surface area is 431 Å². The summed E-state index contributed by atoms with van der Waals surface area (Å²) in [6.45, 7) is 0.658. The van der Waals surface area contributed by atoms with Crippen molar-refractivity contribution in [3.05, 3.63) is 165 Å². The molecule has 0 aliphatic heterocycles. The molecule has 0 aliphatic rings. The topological polar surface area (TPSA) is 0 Å². The highest BCUT2D eigenvalue weighted by Crippen LogP contribution is 2.47. The number of alkyl halides is 30. The molecule has 0 nitrogen and oxygen atoms in total. The maximum Gasteiger partial charge on any atom is 0.416 e. The summed E-state index contributed by atoms with van der Waals surface area (Å²) in [4.78, 5) is 0. The molecule has 0 saturated carbocycles. The van der Waals surface area contributed by atoms with Crippen molar-refractivity contribution in [3.63, 3.8) is 0 Å². The molecular weight excluding hydrogens is 1220 g/mol. The lowest BCUT2D eigenvalue weighted by Gasteiger charge is -2.38. The van der Waals surface area contributed by atoms with Crippen molar-refractivity contribution in [2.75, 3.05) is 0 Å². The Morgan fingerprint density at radius 2 is 0.388 bits per heavy atom. The van der Waals surface area contributed by atoms with Crippen molar-refractivity contribution < 1.29 is 132 Å². The van der Waals surface area contributed by atoms with E-state index in [1.807, 2.05) is 0 Å². The van der Waals surface area contributed by atoms with Crippen LogP contribution in [0.1, 0.15) is 55.6 Å². The van der Waals surface area contributed by atoms with Crippen molar-refractivity contribution in [2.45, 2.75) is 68.3 Å². The second kappa shape index (κ2) is 20.9. The van der Waals surface area contributed by atoms with Gasteiger partial charge in [0.2, 0.25) is 0 Å². The van der Waals surface area contributed by atoms with Gasteiger partial charge in [-0.1, -0.05) is 24.3 Å². The van der Waals surface area contributed by atoms with E-state index in [1.54, 1.807) is 0 Å². The van der Waals surface area contributed by atoms with Crippen molar-refractivity contribution in [1.29, 1.82) is 0 Å². The summed E-state index contributed by atoms with van der Waals surface area (Å²) >= 11 is 0. The summed E-state index contributed by atoms with van der Waals surface area (Å²) in [6, 6.07) is -5.32. The average molecular weight is 1250 g/mol. The lowest BCUT2D eigenvalue weighted by molar-refractivity contribution is -0.144. The smallest absolute Gasteiger partial charge is 0.253 e. The van der Waals surface area contributed by atoms with Crippen molar-refractivity contribution in [2.24, 2.45) is 0 Å². The van der Waals surface area contributed by atoms with Gasteiger partial charge in [0.15, 0.2) is 0 Å². The van der Waals surface area contributed by atoms with Crippen LogP contribution in [-0.4, -0.2) is 8.80 Å². The predicted octanol–water partition coefficient (Wildman–Crippen LogP) is 15.6. The van der Waals surface area contributed by atoms with Crippen LogP contribution in [0.2, 0.25) is 6.55 Å². The molecule has 0 radical (unpaired) electrons. The van der Waals surface area contributed by atoms with Gasteiger partial charge in [0.25, 0.3) is 0 Å². The van der Waals surface area contributed by atoms with Crippen LogP contribution in [-0.2, 0) is 61.8 Å². The van der Waals surface area contributed by atoms with Gasteiger partial charge in [-0.3, -0.25) is 8.80 Å². The predicted molar refractivity (Wildman–Crippen MR) is 231 cm³/mol. The first-order chi connectivity index (χ1) is 35.9. The summed E-state index contributed by atoms with van der Waals surface area (Å²) in [5, 5.41) is -11.8. The molecule has 0 saturated heterocycles. The largest absolute Gasteiger partial charge is 0.416 e. The SMILES string of the molecule is C[Si-](c1ccc(C(F)(F)F)cc1P(c1cc(C(F)(F)F)cc(C(F)(F)F)c1)c1cc(C(F)(F)F)cc(C(F)(F)F)c1)c1ccc(C(F)(F)F)cc1P(c1cc(C(F)(F)F)cc(C(F)(F)F)c1)c1cc(C(F)(F)F)cc(C(F)(F)F)c1. The first-order valence-corrected chi connectivity index (χ1v) is 25.6. The minimum atomic E-state index is -5.95. The van der Waals surface area contributed by atoms with Crippen LogP contribution in [0.5, 0.6) is 0 Å². The molecule has 6 aromatic carbocycles. The van der Waals surface area contributed by atoms with E-state index in [4.69, 9.17) is 0 Å². The lowest BCUT2D eigenvalue weighted by Crippen LogP contribution is -2.53. The highest BCUT2D eigenvalue weighted by Gasteiger charge is 2.45. The van der Waals surface area contributed by atoms with E-state index in [-0.39, 0.29) is 84.9 Å². The second-order valence-corrected chi connectivity index (χ2v) is 23.5. The Hall–Kier alpha value is -5.70. The van der Waals surface area contributed by atoms with Gasteiger partial charge in [-0.15, -0.1) is 0 Å². The number of hydrogen-bond acceptors (Lipinski definition) is 0. The first kappa shape index (κ1) is 63.5. The fourth-order valence-electron chi connectivity index (χ4n) is 7.69. The van der Waals surface area contributed by atoms with E-state index in [9.17, 15) is 132 Å². The van der Waals surface area contributed by atoms with E-state index in [2.05, 4.69) is 0 Å². The van der Waals surface area contributed by atoms with Gasteiger partial charge in [0, 0.05) is 0 Å². The molecule has 0 fully saturated rings. The number of hydrogen-bond donors (Lipinski definition) is 0. The molecule has 6 aromatic rings. The molecule has 0 bridgehead atoms. The Balaban J connectivity index is 1.89. The summed E-state index contributed by atoms with van der Waals surface area (Å²) in [5.41, 5.74) is -23.3. The molecule has 434 valence electrons. The van der Waals surface area contributed by atoms with Crippen molar-refractivity contribution in [3.8, 4) is 0 Å². The Morgan fingerprint density at radius 1 is 0.225 bits per heavy atom. The summed E-state index contributed by atoms with van der Waals surface area (Å²) in [5.74, 6) is 0. The van der Waals surface area contributed by atoms with Gasteiger partial charge in [-0.25, -0.2) is 0 Å². The van der Waals surface area contributed by atoms with Gasteiger partial charge in [0.1, 0.15) is 0 Å². The van der Waals surface area contributed by atoms with Crippen LogP contribution >= 0.6 is 15.8 Å². The number of rotatable bonds is 8. The van der Waals surface area contributed by atoms with E-state index in [1.165, 1.54) is 0 Å². The van der Waals surface area contributed by atoms with Crippen molar-refractivity contribution >= 4 is 66.8 Å². The highest BCUT2D eigenvalue weighted by molar-refractivity contribution is 7.81. The van der Waals surface area contributed by atoms with E-state index in [0.717, 1.165) is 0 Å². The highest BCUT2D eigenvalue weighted by atomic mass is 31.1. The molecular formula is C47H21F30P2Si-. The average Bonchev–Trinajstić information content (AvgIpc) is 3.28. The zero-order valence-electron chi connectivity index (χ0n) is 38.1. The Bertz CT molecular complexity index is 2770. The third kappa shape index (κ3) is 14.3. The zero-order valence-corrected chi connectivity index (χ0v) is 40.9. The maximum atomic E-state index is 14.7. The molecule has 6 rings (SSSR count). The lowest BCUT2D eigenvalue weighted by atomic mass is 10.1. The third-order valence-corrected chi connectivity index (χ3v) is 19.0. The molecule has 0 unspecified atom stereocenters. The van der Waals surface area contributed by atoms with E-state index >= 15 is 0 Å². The molecule has 0 heterocycles. The zero-order chi connectivity index (χ0) is 60.9. The first-order valence-electron chi connectivity index (χ1n) is 20.9. The molecule has 0 aliphatic carbocycles. The Morgan fingerprint density at radius 3 is 0.537 bits per heavy atom. The normalized spacial score (nSPS) is 13.9. The van der Waals surface area contributed by atoms with Gasteiger partial charge >= 0.3 is 61.8 Å². The molecule has 0 N–H and O–H groups in total. The van der Waals surface area contributed by atoms with Gasteiger partial charge in [-0.2, -0.15) is 149 Å². The van der Waals surface area contributed by atoms with Crippen LogP contribution in [0.3, 0.4) is 0 Å². The van der Waals surface area contributed by atoms with Crippen LogP contribution in [0.25, 0.3) is 0 Å². The van der Waals surface area contributed by atoms with Gasteiger partial charge in [0.05, 0.1) is 55.6 Å². The minimum absolute atomic E-state index is 0.0154. The fourth-order valence-corrected chi connectivity index (χ4v) is 16.3. The van der Waals surface area contributed by atoms with Crippen LogP contribution < -0.4 is 42.2 Å². The number of halogens is 30. The second-order valence-electron chi connectivity index (χ2n) is 16.8. The maximum absolute atomic E-state index is 14.7. The summed E-state index contributed by atoms with van der Waals surface area (Å²) in [6.07, 6.45) is -59.1. The molecule has 0 spiro atoms. The quantitative estimate of drug-likeness (QED) is 0.0809. The van der Waals surface area contributed by atoms with Crippen LogP contribution in [0.4, 0.5) is 132 Å². The molecule has 0 amide bonds. The van der Waals surface area contributed by atoms with Gasteiger partial charge in [-0.05, 0) is 133 Å². The molecule has 80 heavy (non-hydrogen) atoms. The molecule has 0 atom stereocenters. The molecule has 0 aromatic heterocycles. The monoisotopic (exact) mass is 1250 g/mol. The van der Waals surface area contributed by atoms with Crippen LogP contribution in [0.15, 0.2) is 109 Å². The fraction of sp³-hybridized carbons (Fsp3) is 0.234. The van der Waals surface area contributed by atoms with Crippen molar-refractivity contribution in [1.82, 2.24) is 0 Å². The summed E-state index contributed by atoms with van der Waals surface area (Å²) in [7, 11) is -12.6. The van der Waals surface area contributed by atoms with E-state index in [0.29, 0.717) is 6.55 Å². The summed E-state index contributed by atoms with van der Waals surface area (Å²) < 4.78 is 435. The third-order valence-electron chi connectivity index (χ3n) is 11.3. The number of benzene rings is 6. The van der Waals surface area contributed by atoms with E-state index < -0.39 is 209 Å². The Kier molecular flexibility index (Phi) is 16.6. The standard InChI is InChI=1S/C47H21F30P2Si/c1-80(36-4-2-20(38(48,49)50)18-34(36)78(30-10-22(40(54,55)56)6-23(11-30)41(57,58)59)31-12-24(42(60,61)62)7-25(13-31)43(63,64)65)37-5-3-21(39(51,52)53)19-35(37)79(32-14-26(44(66,67)68)8-27(15-32)45(69,70)71)33-16-28(46(72,73)74)9-29(17-33)47(75,76)77/h2-19H,1H3/q-1. The molecule has 33 heteroatoms.